The van der Waals surface area contributed by atoms with Crippen LogP contribution in [-0.2, 0) is 16.1 Å². The van der Waals surface area contributed by atoms with Gasteiger partial charge >= 0.3 is 0 Å². The summed E-state index contributed by atoms with van der Waals surface area (Å²) in [7, 11) is 0. The van der Waals surface area contributed by atoms with E-state index < -0.39 is 4.92 Å². The number of carbonyl (C=O) groups excluding carboxylic acids is 2. The molecule has 0 unspecified atom stereocenters. The quantitative estimate of drug-likeness (QED) is 0.432. The zero-order chi connectivity index (χ0) is 15.9. The summed E-state index contributed by atoms with van der Waals surface area (Å²) in [5.74, 6) is 0.0617. The molecule has 0 bridgehead atoms. The minimum Gasteiger partial charge on any atom is -0.356 e. The smallest absolute Gasteiger partial charge is 0.274 e. The van der Waals surface area contributed by atoms with Gasteiger partial charge in [-0.3, -0.25) is 19.7 Å². The Morgan fingerprint density at radius 2 is 1.95 bits per heavy atom. The number of nitrogens with zero attached hydrogens (tertiary/aromatic N) is 1. The molecule has 1 aliphatic carbocycles. The predicted octanol–water partition coefficient (Wildman–Crippen LogP) is 1.52. The minimum atomic E-state index is -0.463. The first kappa shape index (κ1) is 15.9. The van der Waals surface area contributed by atoms with Crippen molar-refractivity contribution >= 4 is 17.5 Å². The van der Waals surface area contributed by atoms with Gasteiger partial charge in [0.05, 0.1) is 4.92 Å². The van der Waals surface area contributed by atoms with Crippen molar-refractivity contribution in [3.05, 3.63) is 39.9 Å². The molecule has 0 heterocycles. The van der Waals surface area contributed by atoms with Crippen LogP contribution >= 0.6 is 0 Å². The van der Waals surface area contributed by atoms with Crippen LogP contribution < -0.4 is 10.6 Å². The van der Waals surface area contributed by atoms with Crippen LogP contribution in [0.3, 0.4) is 0 Å². The second-order valence-electron chi connectivity index (χ2n) is 5.33. The van der Waals surface area contributed by atoms with Crippen molar-refractivity contribution < 1.29 is 14.5 Å². The maximum Gasteiger partial charge on any atom is 0.274 e. The Kier molecular flexibility index (Phi) is 5.46. The number of benzene rings is 1. The molecule has 0 saturated heterocycles. The third-order valence-electron chi connectivity index (χ3n) is 3.49. The number of nitro groups is 1. The molecule has 0 aliphatic heterocycles. The van der Waals surface area contributed by atoms with E-state index in [1.165, 1.54) is 6.07 Å². The fourth-order valence-electron chi connectivity index (χ4n) is 2.07. The van der Waals surface area contributed by atoms with Gasteiger partial charge in [-0.05, 0) is 19.3 Å². The van der Waals surface area contributed by atoms with Gasteiger partial charge in [0.15, 0.2) is 0 Å². The van der Waals surface area contributed by atoms with E-state index in [1.54, 1.807) is 18.2 Å². The number of nitro benzene ring substituents is 1. The fraction of sp³-hybridized carbons (Fsp3) is 0.467. The Balaban J connectivity index is 1.67. The Hall–Kier alpha value is -2.44. The largest absolute Gasteiger partial charge is 0.356 e. The van der Waals surface area contributed by atoms with Gasteiger partial charge in [-0.25, -0.2) is 0 Å². The second kappa shape index (κ2) is 7.53. The topological polar surface area (TPSA) is 101 Å². The van der Waals surface area contributed by atoms with Crippen LogP contribution in [-0.4, -0.2) is 23.3 Å². The van der Waals surface area contributed by atoms with E-state index in [1.807, 2.05) is 0 Å². The van der Waals surface area contributed by atoms with E-state index in [0.717, 1.165) is 12.8 Å². The summed E-state index contributed by atoms with van der Waals surface area (Å²) in [6, 6.07) is 6.32. The van der Waals surface area contributed by atoms with Crippen molar-refractivity contribution in [1.82, 2.24) is 10.6 Å². The maximum absolute atomic E-state index is 11.7. The molecule has 0 spiro atoms. The highest BCUT2D eigenvalue weighted by Gasteiger charge is 2.28. The highest BCUT2D eigenvalue weighted by Crippen LogP contribution is 2.28. The Labute approximate surface area is 128 Å². The average Bonchev–Trinajstić information content (AvgIpc) is 3.34. The normalized spacial score (nSPS) is 13.5. The molecule has 0 aromatic heterocycles. The molecule has 118 valence electrons. The lowest BCUT2D eigenvalue weighted by molar-refractivity contribution is -0.385. The molecule has 1 saturated carbocycles. The lowest BCUT2D eigenvalue weighted by Crippen LogP contribution is -2.28. The average molecular weight is 305 g/mol. The fourth-order valence-corrected chi connectivity index (χ4v) is 2.07. The van der Waals surface area contributed by atoms with Gasteiger partial charge in [-0.1, -0.05) is 18.2 Å². The van der Waals surface area contributed by atoms with Crippen LogP contribution in [0.2, 0.25) is 0 Å². The van der Waals surface area contributed by atoms with E-state index in [9.17, 15) is 19.7 Å². The number of nitrogens with one attached hydrogen (secondary N) is 2. The SMILES string of the molecule is O=C(CCCNC(=O)C1CC1)NCc1ccccc1[N+](=O)[O-]. The predicted molar refractivity (Wildman–Crippen MR) is 79.9 cm³/mol. The molecule has 7 nitrogen and oxygen atoms in total. The summed E-state index contributed by atoms with van der Waals surface area (Å²) in [4.78, 5) is 33.5. The van der Waals surface area contributed by atoms with Gasteiger partial charge in [0.2, 0.25) is 11.8 Å². The highest BCUT2D eigenvalue weighted by atomic mass is 16.6. The Bertz CT molecular complexity index is 570. The molecular formula is C15H19N3O4. The summed E-state index contributed by atoms with van der Waals surface area (Å²) in [5.41, 5.74) is 0.474. The number of rotatable bonds is 8. The van der Waals surface area contributed by atoms with Gasteiger partial charge in [0, 0.05) is 37.1 Å². The van der Waals surface area contributed by atoms with Crippen molar-refractivity contribution in [2.45, 2.75) is 32.2 Å². The molecule has 1 aliphatic rings. The summed E-state index contributed by atoms with van der Waals surface area (Å²) in [6.07, 6.45) is 2.76. The Morgan fingerprint density at radius 3 is 2.64 bits per heavy atom. The van der Waals surface area contributed by atoms with Gasteiger partial charge in [-0.15, -0.1) is 0 Å². The summed E-state index contributed by atoms with van der Waals surface area (Å²) < 4.78 is 0. The van der Waals surface area contributed by atoms with E-state index >= 15 is 0 Å². The summed E-state index contributed by atoms with van der Waals surface area (Å²) in [6.45, 7) is 0.610. The maximum atomic E-state index is 11.7. The van der Waals surface area contributed by atoms with Gasteiger partial charge in [0.25, 0.3) is 5.69 Å². The lowest BCUT2D eigenvalue weighted by atomic mass is 10.2. The standard InChI is InChI=1S/C15H19N3O4/c19-14(6-3-9-16-15(20)11-7-8-11)17-10-12-4-1-2-5-13(12)18(21)22/h1-2,4-5,11H,3,6-10H2,(H,16,20)(H,17,19). The molecule has 2 N–H and O–H groups in total. The first-order valence-electron chi connectivity index (χ1n) is 7.34. The van der Waals surface area contributed by atoms with E-state index in [4.69, 9.17) is 0 Å². The summed E-state index contributed by atoms with van der Waals surface area (Å²) >= 11 is 0. The van der Waals surface area contributed by atoms with Crippen molar-refractivity contribution in [3.8, 4) is 0 Å². The number of para-hydroxylation sites is 1. The third-order valence-corrected chi connectivity index (χ3v) is 3.49. The lowest BCUT2D eigenvalue weighted by Gasteiger charge is -2.07. The molecule has 2 amide bonds. The van der Waals surface area contributed by atoms with Crippen LogP contribution in [0.15, 0.2) is 24.3 Å². The minimum absolute atomic E-state index is 0.000466. The van der Waals surface area contributed by atoms with Crippen LogP contribution in [0.1, 0.15) is 31.2 Å². The molecule has 1 aromatic carbocycles. The molecule has 0 radical (unpaired) electrons. The third kappa shape index (κ3) is 4.83. The molecule has 1 fully saturated rings. The van der Waals surface area contributed by atoms with Gasteiger partial charge in [0.1, 0.15) is 0 Å². The zero-order valence-electron chi connectivity index (χ0n) is 12.2. The number of carbonyl (C=O) groups is 2. The number of hydrogen-bond donors (Lipinski definition) is 2. The van der Waals surface area contributed by atoms with Crippen molar-refractivity contribution in [2.24, 2.45) is 5.92 Å². The monoisotopic (exact) mass is 305 g/mol. The molecule has 1 aromatic rings. The van der Waals surface area contributed by atoms with Gasteiger partial charge in [-0.2, -0.15) is 0 Å². The van der Waals surface area contributed by atoms with Crippen LogP contribution in [0.4, 0.5) is 5.69 Å². The van der Waals surface area contributed by atoms with E-state index in [2.05, 4.69) is 10.6 Å². The van der Waals surface area contributed by atoms with Gasteiger partial charge < -0.3 is 10.6 Å². The Morgan fingerprint density at radius 1 is 1.23 bits per heavy atom. The molecule has 22 heavy (non-hydrogen) atoms. The number of amides is 2. The highest BCUT2D eigenvalue weighted by molar-refractivity contribution is 5.81. The summed E-state index contributed by atoms with van der Waals surface area (Å²) in [5, 5.41) is 16.3. The van der Waals surface area contributed by atoms with Crippen molar-refractivity contribution in [1.29, 1.82) is 0 Å². The second-order valence-corrected chi connectivity index (χ2v) is 5.33. The van der Waals surface area contributed by atoms with Crippen molar-refractivity contribution in [3.63, 3.8) is 0 Å². The first-order valence-corrected chi connectivity index (χ1v) is 7.34. The molecule has 7 heteroatoms. The van der Waals surface area contributed by atoms with Crippen LogP contribution in [0, 0.1) is 16.0 Å². The number of hydrogen-bond acceptors (Lipinski definition) is 4. The molecule has 0 atom stereocenters. The first-order chi connectivity index (χ1) is 10.6. The van der Waals surface area contributed by atoms with Crippen LogP contribution in [0.25, 0.3) is 0 Å². The molecular weight excluding hydrogens is 286 g/mol. The van der Waals surface area contributed by atoms with E-state index in [0.29, 0.717) is 18.5 Å². The zero-order valence-corrected chi connectivity index (χ0v) is 12.2. The van der Waals surface area contributed by atoms with Crippen LogP contribution in [0.5, 0.6) is 0 Å². The van der Waals surface area contributed by atoms with Crippen molar-refractivity contribution in [2.75, 3.05) is 6.54 Å². The molecule has 2 rings (SSSR count). The van der Waals surface area contributed by atoms with E-state index in [-0.39, 0.29) is 36.4 Å².